The van der Waals surface area contributed by atoms with Gasteiger partial charge in [-0.2, -0.15) is 15.2 Å². The van der Waals surface area contributed by atoms with Gasteiger partial charge in [0.25, 0.3) is 17.0 Å². The van der Waals surface area contributed by atoms with Gasteiger partial charge >= 0.3 is 18.7 Å². The fraction of sp³-hybridized carbons (Fsp3) is 0.0769. The topological polar surface area (TPSA) is 245 Å². The number of carbonyl (C=O) groups is 1. The number of nitrogens with one attached hydrogen (secondary N) is 2. The van der Waals surface area contributed by atoms with Crippen LogP contribution in [0.25, 0.3) is 23.0 Å². The molecule has 22 heteroatoms. The van der Waals surface area contributed by atoms with E-state index in [4.69, 9.17) is 20.6 Å². The summed E-state index contributed by atoms with van der Waals surface area (Å²) in [7, 11) is 0. The number of nitrogens with zero attached hydrogens (tertiary/aromatic N) is 5. The Morgan fingerprint density at radius 1 is 0.792 bits per heavy atom. The minimum absolute atomic E-state index is 0.0619. The zero-order chi connectivity index (χ0) is 35.5. The molecule has 0 radical (unpaired) electrons. The van der Waals surface area contributed by atoms with Gasteiger partial charge in [-0.25, -0.2) is 15.0 Å². The van der Waals surface area contributed by atoms with E-state index in [0.717, 1.165) is 36.4 Å². The Hall–Kier alpha value is -6.74. The summed E-state index contributed by atoms with van der Waals surface area (Å²) >= 11 is 0. The molecule has 0 atom stereocenters. The monoisotopic (exact) mass is 684 g/mol. The van der Waals surface area contributed by atoms with Crippen LogP contribution in [-0.4, -0.2) is 65.4 Å². The van der Waals surface area contributed by atoms with Gasteiger partial charge in [-0.3, -0.25) is 9.59 Å². The van der Waals surface area contributed by atoms with Gasteiger partial charge in [0.15, 0.2) is 11.5 Å². The second-order valence-corrected chi connectivity index (χ2v) is 8.47. The Morgan fingerprint density at radius 3 is 1.75 bits per heavy atom. The molecule has 0 saturated carbocycles. The number of H-pyrrole nitrogens is 2. The third kappa shape index (κ3) is 11.6. The van der Waals surface area contributed by atoms with Crippen molar-refractivity contribution in [1.82, 2.24) is 30.5 Å². The lowest BCUT2D eigenvalue weighted by Gasteiger charge is -2.08. The number of halogens is 6. The average Bonchev–Trinajstić information content (AvgIpc) is 3.52. The van der Waals surface area contributed by atoms with Crippen molar-refractivity contribution in [2.45, 2.75) is 12.7 Å². The molecule has 5 rings (SSSR count). The second-order valence-electron chi connectivity index (χ2n) is 8.47. The van der Waals surface area contributed by atoms with Gasteiger partial charge in [-0.05, 0) is 60.7 Å². The predicted octanol–water partition coefficient (Wildman–Crippen LogP) is 3.53. The summed E-state index contributed by atoms with van der Waals surface area (Å²) in [4.78, 5) is 35.5. The first-order chi connectivity index (χ1) is 22.5. The Morgan fingerprint density at radius 2 is 1.31 bits per heavy atom. The first-order valence-corrected chi connectivity index (χ1v) is 12.4. The zero-order valence-electron chi connectivity index (χ0n) is 23.4. The molecule has 0 aliphatic carbocycles. The highest BCUT2D eigenvalue weighted by Crippen LogP contribution is 2.26. The molecule has 0 unspecified atom stereocenters. The van der Waals surface area contributed by atoms with Gasteiger partial charge in [0.05, 0.1) is 0 Å². The summed E-state index contributed by atoms with van der Waals surface area (Å²) < 4.78 is 83.9. The van der Waals surface area contributed by atoms with Crippen LogP contribution in [0.15, 0.2) is 92.1 Å². The molecule has 0 spiro atoms. The van der Waals surface area contributed by atoms with Crippen molar-refractivity contribution in [2.75, 3.05) is 0 Å². The highest BCUT2D eigenvalue weighted by Gasteiger charge is 2.31. The van der Waals surface area contributed by atoms with Crippen LogP contribution in [0.2, 0.25) is 0 Å². The van der Waals surface area contributed by atoms with Crippen LogP contribution in [0.3, 0.4) is 0 Å². The number of hydrogen-bond donors (Lipinski definition) is 5. The van der Waals surface area contributed by atoms with Gasteiger partial charge in [-0.15, -0.1) is 26.3 Å². The molecule has 0 amide bonds. The molecule has 0 fully saturated rings. The number of carboxylic acids is 1. The number of aromatic carboxylic acids is 1. The number of hydrogen-bond acceptors (Lipinski definition) is 12. The molecular weight excluding hydrogens is 666 g/mol. The number of amidine groups is 1. The molecule has 5 aromatic rings. The highest BCUT2D eigenvalue weighted by atomic mass is 19.4. The van der Waals surface area contributed by atoms with E-state index in [1.54, 1.807) is 0 Å². The maximum absolute atomic E-state index is 12.1. The van der Waals surface area contributed by atoms with Crippen LogP contribution in [0.1, 0.15) is 16.1 Å². The van der Waals surface area contributed by atoms with E-state index in [1.807, 2.05) is 5.10 Å². The standard InChI is InChI=1S/C13H7F3N4O3.C8H7F3N2O2.C5H4N2O3/c14-13(15,16)22-8-3-1-7(2-4-8)11-17-12(23-20-11)9-5-6-10(21)19-18-9;9-8(10,11)15-6-3-1-5(2-4-6)7(12)13-14;8-4-2-1-3(5(9)10)6-7-4/h1-6H,(H,19,21);1-4,14H,(H2,12,13);1-2H,(H,7,8)(H,9,10). The first-order valence-electron chi connectivity index (χ1n) is 12.4. The lowest BCUT2D eigenvalue weighted by Crippen LogP contribution is -2.17. The van der Waals surface area contributed by atoms with E-state index >= 15 is 0 Å². The lowest BCUT2D eigenvalue weighted by molar-refractivity contribution is -0.275. The van der Waals surface area contributed by atoms with Gasteiger partial charge in [-0.1, -0.05) is 10.3 Å². The third-order valence-corrected chi connectivity index (χ3v) is 5.06. The van der Waals surface area contributed by atoms with E-state index in [0.29, 0.717) is 11.1 Å². The predicted molar refractivity (Wildman–Crippen MR) is 148 cm³/mol. The van der Waals surface area contributed by atoms with Crippen LogP contribution in [0.4, 0.5) is 26.3 Å². The maximum atomic E-state index is 12.1. The quantitative estimate of drug-likeness (QED) is 0.0566. The molecular formula is C26H18F6N8O8. The number of aromatic nitrogens is 6. The molecule has 48 heavy (non-hydrogen) atoms. The molecule has 252 valence electrons. The molecule has 0 bridgehead atoms. The minimum atomic E-state index is -4.75. The van der Waals surface area contributed by atoms with Crippen molar-refractivity contribution in [2.24, 2.45) is 10.9 Å². The highest BCUT2D eigenvalue weighted by molar-refractivity contribution is 5.97. The van der Waals surface area contributed by atoms with E-state index in [-0.39, 0.29) is 46.0 Å². The van der Waals surface area contributed by atoms with Gasteiger partial charge in [0, 0.05) is 23.3 Å². The largest absolute Gasteiger partial charge is 0.573 e. The summed E-state index contributed by atoms with van der Waals surface area (Å²) in [5, 5.41) is 34.2. The van der Waals surface area contributed by atoms with Crippen molar-refractivity contribution in [3.05, 3.63) is 105 Å². The zero-order valence-corrected chi connectivity index (χ0v) is 23.4. The second kappa shape index (κ2) is 15.5. The van der Waals surface area contributed by atoms with Crippen LogP contribution < -0.4 is 26.3 Å². The third-order valence-electron chi connectivity index (χ3n) is 5.06. The fourth-order valence-electron chi connectivity index (χ4n) is 3.06. The van der Waals surface area contributed by atoms with Gasteiger partial charge in [0.2, 0.25) is 5.82 Å². The molecule has 6 N–H and O–H groups in total. The number of nitrogens with two attached hydrogens (primary N) is 1. The summed E-state index contributed by atoms with van der Waals surface area (Å²) in [6, 6.07) is 14.5. The van der Waals surface area contributed by atoms with Crippen molar-refractivity contribution >= 4 is 11.8 Å². The number of ether oxygens (including phenoxy) is 2. The first kappa shape index (κ1) is 35.7. The molecule has 0 saturated heterocycles. The van der Waals surface area contributed by atoms with Crippen molar-refractivity contribution < 1.29 is 55.4 Å². The lowest BCUT2D eigenvalue weighted by atomic mass is 10.2. The van der Waals surface area contributed by atoms with Crippen LogP contribution >= 0.6 is 0 Å². The Balaban J connectivity index is 0.000000215. The maximum Gasteiger partial charge on any atom is 0.573 e. The van der Waals surface area contributed by atoms with Crippen molar-refractivity contribution in [1.29, 1.82) is 0 Å². The summed E-state index contributed by atoms with van der Waals surface area (Å²) in [6.07, 6.45) is -9.48. The molecule has 0 aliphatic heterocycles. The smallest absolute Gasteiger partial charge is 0.476 e. The number of aromatic amines is 2. The molecule has 3 heterocycles. The minimum Gasteiger partial charge on any atom is -0.476 e. The van der Waals surface area contributed by atoms with Crippen LogP contribution in [0.5, 0.6) is 11.5 Å². The number of alkyl halides is 6. The normalized spacial score (nSPS) is 11.3. The Bertz CT molecular complexity index is 1920. The van der Waals surface area contributed by atoms with Gasteiger partial charge in [0.1, 0.15) is 17.2 Å². The van der Waals surface area contributed by atoms with Crippen molar-refractivity contribution in [3.8, 4) is 34.5 Å². The SMILES string of the molecule is N/C(=N\O)c1ccc(OC(F)(F)F)cc1.O=C(O)c1ccc(=O)[nH]n1.O=c1ccc(-c2nc(-c3ccc(OC(F)(F)F)cc3)no2)n[nH]1. The summed E-state index contributed by atoms with van der Waals surface area (Å²) in [6.45, 7) is 0. The fourth-order valence-corrected chi connectivity index (χ4v) is 3.06. The van der Waals surface area contributed by atoms with E-state index in [9.17, 15) is 40.7 Å². The van der Waals surface area contributed by atoms with Gasteiger partial charge < -0.3 is 30.0 Å². The number of benzene rings is 2. The summed E-state index contributed by atoms with van der Waals surface area (Å²) in [5.74, 6) is -1.84. The summed E-state index contributed by atoms with van der Waals surface area (Å²) in [5.41, 5.74) is 5.24. The van der Waals surface area contributed by atoms with Crippen molar-refractivity contribution in [3.63, 3.8) is 0 Å². The molecule has 16 nitrogen and oxygen atoms in total. The Labute approximate surface area is 261 Å². The Kier molecular flexibility index (Phi) is 11.5. The van der Waals surface area contributed by atoms with Crippen LogP contribution in [0, 0.1) is 0 Å². The average molecular weight is 684 g/mol. The number of carboxylic acid groups (broad SMARTS) is 1. The molecule has 3 aromatic heterocycles. The van der Waals surface area contributed by atoms with E-state index in [1.165, 1.54) is 36.4 Å². The number of rotatable bonds is 6. The van der Waals surface area contributed by atoms with E-state index in [2.05, 4.69) is 40.1 Å². The number of oxime groups is 1. The molecule has 2 aromatic carbocycles. The van der Waals surface area contributed by atoms with Crippen LogP contribution in [-0.2, 0) is 0 Å². The van der Waals surface area contributed by atoms with E-state index < -0.39 is 24.3 Å². The molecule has 0 aliphatic rings.